The second kappa shape index (κ2) is 8.26. The van der Waals surface area contributed by atoms with E-state index in [1.165, 1.54) is 0 Å². The van der Waals surface area contributed by atoms with Crippen LogP contribution in [0.1, 0.15) is 17.3 Å². The zero-order valence-electron chi connectivity index (χ0n) is 13.2. The van der Waals surface area contributed by atoms with Gasteiger partial charge in [-0.25, -0.2) is 0 Å². The number of para-hydroxylation sites is 1. The zero-order chi connectivity index (χ0) is 16.8. The molecule has 0 atom stereocenters. The van der Waals surface area contributed by atoms with Crippen LogP contribution < -0.4 is 14.8 Å². The molecule has 2 aromatic rings. The van der Waals surface area contributed by atoms with Gasteiger partial charge in [-0.1, -0.05) is 12.1 Å². The van der Waals surface area contributed by atoms with Gasteiger partial charge in [0.1, 0.15) is 0 Å². The van der Waals surface area contributed by atoms with Crippen molar-refractivity contribution < 1.29 is 14.3 Å². The van der Waals surface area contributed by atoms with E-state index >= 15 is 0 Å². The molecule has 0 aliphatic carbocycles. The Labute approximate surface area is 148 Å². The van der Waals surface area contributed by atoms with Gasteiger partial charge in [-0.05, 0) is 53.4 Å². The van der Waals surface area contributed by atoms with Gasteiger partial charge in [0.15, 0.2) is 11.5 Å². The fraction of sp³-hybridized carbons (Fsp3) is 0.235. The van der Waals surface area contributed by atoms with Crippen LogP contribution in [0.2, 0.25) is 0 Å². The molecule has 1 N–H and O–H groups in total. The van der Waals surface area contributed by atoms with Crippen molar-refractivity contribution in [1.29, 1.82) is 0 Å². The van der Waals surface area contributed by atoms with Crippen LogP contribution in [0, 0.1) is 0 Å². The van der Waals surface area contributed by atoms with Crippen molar-refractivity contribution in [3.63, 3.8) is 0 Å². The Morgan fingerprint density at radius 3 is 2.70 bits per heavy atom. The molecule has 0 bridgehead atoms. The van der Waals surface area contributed by atoms with Crippen molar-refractivity contribution in [2.75, 3.05) is 25.3 Å². The molecule has 2 rings (SSSR count). The van der Waals surface area contributed by atoms with E-state index in [0.717, 1.165) is 10.6 Å². The average Bonchev–Trinajstić information content (AvgIpc) is 2.57. The molecule has 0 fully saturated rings. The molecule has 0 aliphatic rings. The number of thioether (sulfide) groups is 1. The predicted molar refractivity (Wildman–Crippen MR) is 98.0 cm³/mol. The molecule has 0 saturated heterocycles. The fourth-order valence-electron chi connectivity index (χ4n) is 2.08. The van der Waals surface area contributed by atoms with Crippen LogP contribution in [0.15, 0.2) is 45.8 Å². The molecular weight excluding hydrogens is 378 g/mol. The Morgan fingerprint density at radius 2 is 2.04 bits per heavy atom. The molecule has 0 saturated carbocycles. The standard InChI is InChI=1S/C17H18BrNO3S/c1-4-22-16-12(18)9-11(10-14(16)21-2)17(20)19-13-7-5-6-8-15(13)23-3/h5-10H,4H2,1-3H3,(H,19,20). The van der Waals surface area contributed by atoms with Gasteiger partial charge >= 0.3 is 0 Å². The maximum Gasteiger partial charge on any atom is 0.255 e. The van der Waals surface area contributed by atoms with E-state index in [1.807, 2.05) is 37.4 Å². The Morgan fingerprint density at radius 1 is 1.30 bits per heavy atom. The molecule has 122 valence electrons. The first-order valence-corrected chi connectivity index (χ1v) is 9.07. The third kappa shape index (κ3) is 4.20. The van der Waals surface area contributed by atoms with E-state index in [9.17, 15) is 4.79 Å². The number of anilines is 1. The first-order valence-electron chi connectivity index (χ1n) is 7.05. The lowest BCUT2D eigenvalue weighted by atomic mass is 10.1. The van der Waals surface area contributed by atoms with Crippen LogP contribution in [-0.2, 0) is 0 Å². The number of nitrogens with one attached hydrogen (secondary N) is 1. The Balaban J connectivity index is 2.31. The monoisotopic (exact) mass is 395 g/mol. The molecule has 0 heterocycles. The highest BCUT2D eigenvalue weighted by Gasteiger charge is 2.16. The van der Waals surface area contributed by atoms with E-state index in [4.69, 9.17) is 9.47 Å². The zero-order valence-corrected chi connectivity index (χ0v) is 15.6. The summed E-state index contributed by atoms with van der Waals surface area (Å²) >= 11 is 5.02. The van der Waals surface area contributed by atoms with Gasteiger partial charge in [0.05, 0.1) is 23.9 Å². The second-order valence-electron chi connectivity index (χ2n) is 4.58. The number of ether oxygens (including phenoxy) is 2. The number of benzene rings is 2. The number of methoxy groups -OCH3 is 1. The largest absolute Gasteiger partial charge is 0.493 e. The summed E-state index contributed by atoms with van der Waals surface area (Å²) < 4.78 is 11.5. The smallest absolute Gasteiger partial charge is 0.255 e. The van der Waals surface area contributed by atoms with Crippen LogP contribution in [0.25, 0.3) is 0 Å². The summed E-state index contributed by atoms with van der Waals surface area (Å²) in [6.07, 6.45) is 1.97. The van der Waals surface area contributed by atoms with Crippen molar-refractivity contribution in [3.8, 4) is 11.5 Å². The first kappa shape index (κ1) is 17.7. The molecule has 0 unspecified atom stereocenters. The lowest BCUT2D eigenvalue weighted by Gasteiger charge is -2.14. The fourth-order valence-corrected chi connectivity index (χ4v) is 3.19. The maximum atomic E-state index is 12.5. The van der Waals surface area contributed by atoms with Crippen LogP contribution in [-0.4, -0.2) is 25.9 Å². The molecule has 2 aromatic carbocycles. The van der Waals surface area contributed by atoms with E-state index in [2.05, 4.69) is 21.2 Å². The molecule has 0 aliphatic heterocycles. The molecule has 0 aromatic heterocycles. The number of hydrogen-bond donors (Lipinski definition) is 1. The SMILES string of the molecule is CCOc1c(Br)cc(C(=O)Nc2ccccc2SC)cc1OC. The van der Waals surface area contributed by atoms with Crippen LogP contribution in [0.5, 0.6) is 11.5 Å². The van der Waals surface area contributed by atoms with Crippen molar-refractivity contribution in [3.05, 3.63) is 46.4 Å². The van der Waals surface area contributed by atoms with E-state index in [1.54, 1.807) is 31.0 Å². The van der Waals surface area contributed by atoms with Crippen LogP contribution in [0.3, 0.4) is 0 Å². The summed E-state index contributed by atoms with van der Waals surface area (Å²) in [5, 5.41) is 2.93. The van der Waals surface area contributed by atoms with Crippen molar-refractivity contribution in [1.82, 2.24) is 0 Å². The summed E-state index contributed by atoms with van der Waals surface area (Å²) in [6.45, 7) is 2.41. The second-order valence-corrected chi connectivity index (χ2v) is 6.28. The summed E-state index contributed by atoms with van der Waals surface area (Å²) in [4.78, 5) is 13.5. The van der Waals surface area contributed by atoms with Gasteiger partial charge in [-0.15, -0.1) is 11.8 Å². The van der Waals surface area contributed by atoms with Crippen molar-refractivity contribution in [2.24, 2.45) is 0 Å². The number of amides is 1. The van der Waals surface area contributed by atoms with Gasteiger partial charge in [0.2, 0.25) is 0 Å². The summed E-state index contributed by atoms with van der Waals surface area (Å²) in [7, 11) is 1.55. The van der Waals surface area contributed by atoms with E-state index < -0.39 is 0 Å². The lowest BCUT2D eigenvalue weighted by Crippen LogP contribution is -2.13. The van der Waals surface area contributed by atoms with Gasteiger partial charge in [-0.2, -0.15) is 0 Å². The van der Waals surface area contributed by atoms with E-state index in [0.29, 0.717) is 28.1 Å². The third-order valence-corrected chi connectivity index (χ3v) is 4.52. The molecule has 0 spiro atoms. The highest BCUT2D eigenvalue weighted by Crippen LogP contribution is 2.37. The van der Waals surface area contributed by atoms with Gasteiger partial charge in [0.25, 0.3) is 5.91 Å². The molecular formula is C17H18BrNO3S. The first-order chi connectivity index (χ1) is 11.1. The van der Waals surface area contributed by atoms with Crippen LogP contribution in [0.4, 0.5) is 5.69 Å². The molecule has 1 amide bonds. The predicted octanol–water partition coefficient (Wildman–Crippen LogP) is 4.83. The number of halogens is 1. The minimum absolute atomic E-state index is 0.200. The van der Waals surface area contributed by atoms with Gasteiger partial charge in [-0.3, -0.25) is 4.79 Å². The van der Waals surface area contributed by atoms with E-state index in [-0.39, 0.29) is 5.91 Å². The Bertz CT molecular complexity index is 706. The normalized spacial score (nSPS) is 10.3. The third-order valence-electron chi connectivity index (χ3n) is 3.14. The molecule has 4 nitrogen and oxygen atoms in total. The number of rotatable bonds is 6. The highest BCUT2D eigenvalue weighted by molar-refractivity contribution is 9.10. The minimum Gasteiger partial charge on any atom is -0.493 e. The summed E-state index contributed by atoms with van der Waals surface area (Å²) in [6, 6.07) is 11.1. The van der Waals surface area contributed by atoms with Crippen molar-refractivity contribution >= 4 is 39.3 Å². The van der Waals surface area contributed by atoms with Crippen molar-refractivity contribution in [2.45, 2.75) is 11.8 Å². The quantitative estimate of drug-likeness (QED) is 0.711. The van der Waals surface area contributed by atoms with Gasteiger partial charge in [0, 0.05) is 10.5 Å². The highest BCUT2D eigenvalue weighted by atomic mass is 79.9. The lowest BCUT2D eigenvalue weighted by molar-refractivity contribution is 0.102. The number of carbonyl (C=O) groups is 1. The molecule has 6 heteroatoms. The summed E-state index contributed by atoms with van der Waals surface area (Å²) in [5.74, 6) is 0.911. The van der Waals surface area contributed by atoms with Crippen LogP contribution >= 0.6 is 27.7 Å². The number of carbonyl (C=O) groups excluding carboxylic acids is 1. The molecule has 0 radical (unpaired) electrons. The number of hydrogen-bond acceptors (Lipinski definition) is 4. The maximum absolute atomic E-state index is 12.5. The Kier molecular flexibility index (Phi) is 6.36. The minimum atomic E-state index is -0.200. The molecule has 23 heavy (non-hydrogen) atoms. The summed E-state index contributed by atoms with van der Waals surface area (Å²) in [5.41, 5.74) is 1.28. The Hall–Kier alpha value is -1.66. The van der Waals surface area contributed by atoms with Gasteiger partial charge < -0.3 is 14.8 Å². The average molecular weight is 396 g/mol. The topological polar surface area (TPSA) is 47.6 Å².